The van der Waals surface area contributed by atoms with E-state index in [2.05, 4.69) is 0 Å². The molecule has 1 amide bonds. The van der Waals surface area contributed by atoms with Gasteiger partial charge in [0.05, 0.1) is 12.2 Å². The molecule has 0 fully saturated rings. The summed E-state index contributed by atoms with van der Waals surface area (Å²) in [5.74, 6) is -1.43. The van der Waals surface area contributed by atoms with E-state index in [1.165, 1.54) is 18.3 Å². The summed E-state index contributed by atoms with van der Waals surface area (Å²) < 4.78 is 10.3. The maximum Gasteiger partial charge on any atom is 0.323 e. The lowest BCUT2D eigenvalue weighted by Crippen LogP contribution is -2.37. The molecule has 0 aliphatic heterocycles. The number of hydrogen-bond acceptors (Lipinski definition) is 4. The lowest BCUT2D eigenvalue weighted by atomic mass is 10.1. The Morgan fingerprint density at radius 1 is 1.36 bits per heavy atom. The standard InChI is InChI=1S/C16H19NO5/c1-3-11-4-5-14-12(8-11)13(10-22-14)16(20)17(6-7-21-2)9-15(18)19/h4-5,8,10H,3,6-7,9H2,1-2H3,(H,18,19). The van der Waals surface area contributed by atoms with Gasteiger partial charge in [0.2, 0.25) is 0 Å². The maximum absolute atomic E-state index is 12.6. The smallest absolute Gasteiger partial charge is 0.323 e. The summed E-state index contributed by atoms with van der Waals surface area (Å²) in [6.45, 7) is 2.14. The Balaban J connectivity index is 2.34. The Labute approximate surface area is 128 Å². The van der Waals surface area contributed by atoms with Crippen molar-refractivity contribution in [2.45, 2.75) is 13.3 Å². The van der Waals surface area contributed by atoms with Crippen molar-refractivity contribution in [2.24, 2.45) is 0 Å². The van der Waals surface area contributed by atoms with Gasteiger partial charge in [-0.1, -0.05) is 13.0 Å². The quantitative estimate of drug-likeness (QED) is 0.848. The molecule has 0 radical (unpaired) electrons. The fraction of sp³-hybridized carbons (Fsp3) is 0.375. The van der Waals surface area contributed by atoms with Gasteiger partial charge in [-0.15, -0.1) is 0 Å². The van der Waals surface area contributed by atoms with Crippen molar-refractivity contribution in [3.63, 3.8) is 0 Å². The third-order valence-corrected chi connectivity index (χ3v) is 3.46. The zero-order valence-corrected chi connectivity index (χ0v) is 12.7. The van der Waals surface area contributed by atoms with Crippen LogP contribution in [0.25, 0.3) is 11.0 Å². The number of nitrogens with zero attached hydrogens (tertiary/aromatic N) is 1. The second-order valence-corrected chi connectivity index (χ2v) is 4.95. The van der Waals surface area contributed by atoms with Crippen LogP contribution >= 0.6 is 0 Å². The zero-order chi connectivity index (χ0) is 16.1. The van der Waals surface area contributed by atoms with Gasteiger partial charge in [0.25, 0.3) is 5.91 Å². The van der Waals surface area contributed by atoms with Crippen LogP contribution in [0.2, 0.25) is 0 Å². The number of rotatable bonds is 7. The highest BCUT2D eigenvalue weighted by molar-refractivity contribution is 6.06. The number of carbonyl (C=O) groups is 2. The van der Waals surface area contributed by atoms with Gasteiger partial charge in [0.1, 0.15) is 18.4 Å². The molecule has 1 aromatic carbocycles. The fourth-order valence-corrected chi connectivity index (χ4v) is 2.25. The summed E-state index contributed by atoms with van der Waals surface area (Å²) in [4.78, 5) is 24.8. The molecular weight excluding hydrogens is 286 g/mol. The van der Waals surface area contributed by atoms with Crippen LogP contribution in [-0.2, 0) is 16.0 Å². The maximum atomic E-state index is 12.6. The fourth-order valence-electron chi connectivity index (χ4n) is 2.25. The highest BCUT2D eigenvalue weighted by Gasteiger charge is 2.22. The molecule has 22 heavy (non-hydrogen) atoms. The van der Waals surface area contributed by atoms with Gasteiger partial charge < -0.3 is 19.2 Å². The van der Waals surface area contributed by atoms with E-state index < -0.39 is 5.97 Å². The molecule has 0 atom stereocenters. The van der Waals surface area contributed by atoms with E-state index in [0.29, 0.717) is 16.5 Å². The zero-order valence-electron chi connectivity index (χ0n) is 12.7. The molecule has 0 spiro atoms. The molecule has 1 N–H and O–H groups in total. The average Bonchev–Trinajstić information content (AvgIpc) is 2.93. The van der Waals surface area contributed by atoms with E-state index in [9.17, 15) is 9.59 Å². The lowest BCUT2D eigenvalue weighted by molar-refractivity contribution is -0.137. The summed E-state index contributed by atoms with van der Waals surface area (Å²) in [5, 5.41) is 9.67. The monoisotopic (exact) mass is 305 g/mol. The van der Waals surface area contributed by atoms with Gasteiger partial charge in [-0.3, -0.25) is 9.59 Å². The van der Waals surface area contributed by atoms with Crippen LogP contribution in [0.1, 0.15) is 22.8 Å². The van der Waals surface area contributed by atoms with Crippen LogP contribution in [0.5, 0.6) is 0 Å². The SMILES string of the molecule is CCc1ccc2occ(C(=O)N(CCOC)CC(=O)O)c2c1. The summed E-state index contributed by atoms with van der Waals surface area (Å²) >= 11 is 0. The number of hydrogen-bond donors (Lipinski definition) is 1. The normalized spacial score (nSPS) is 10.8. The van der Waals surface area contributed by atoms with Crippen molar-refractivity contribution in [3.05, 3.63) is 35.6 Å². The van der Waals surface area contributed by atoms with Crippen LogP contribution in [0.15, 0.2) is 28.9 Å². The first kappa shape index (κ1) is 16.0. The number of carboxylic acid groups (broad SMARTS) is 1. The molecule has 2 aromatic rings. The highest BCUT2D eigenvalue weighted by atomic mass is 16.5. The van der Waals surface area contributed by atoms with Gasteiger partial charge >= 0.3 is 5.97 Å². The van der Waals surface area contributed by atoms with E-state index in [1.807, 2.05) is 25.1 Å². The molecule has 0 aliphatic carbocycles. The second kappa shape index (κ2) is 7.09. The number of amides is 1. The van der Waals surface area contributed by atoms with Crippen molar-refractivity contribution in [3.8, 4) is 0 Å². The summed E-state index contributed by atoms with van der Waals surface area (Å²) in [6, 6.07) is 5.67. The topological polar surface area (TPSA) is 80.0 Å². The highest BCUT2D eigenvalue weighted by Crippen LogP contribution is 2.24. The van der Waals surface area contributed by atoms with Crippen molar-refractivity contribution in [1.82, 2.24) is 4.90 Å². The minimum atomic E-state index is -1.06. The number of fused-ring (bicyclic) bond motifs is 1. The first-order chi connectivity index (χ1) is 10.6. The largest absolute Gasteiger partial charge is 0.480 e. The molecule has 0 aliphatic rings. The van der Waals surface area contributed by atoms with Crippen molar-refractivity contribution in [2.75, 3.05) is 26.8 Å². The molecule has 0 saturated heterocycles. The average molecular weight is 305 g/mol. The van der Waals surface area contributed by atoms with Crippen molar-refractivity contribution >= 4 is 22.8 Å². The Hall–Kier alpha value is -2.34. The van der Waals surface area contributed by atoms with Crippen LogP contribution in [0.3, 0.4) is 0 Å². The molecular formula is C16H19NO5. The number of furan rings is 1. The molecule has 0 unspecified atom stereocenters. The number of ether oxygens (including phenoxy) is 1. The summed E-state index contributed by atoms with van der Waals surface area (Å²) in [5.41, 5.74) is 2.08. The Kier molecular flexibility index (Phi) is 5.16. The Morgan fingerprint density at radius 2 is 2.14 bits per heavy atom. The molecule has 118 valence electrons. The lowest BCUT2D eigenvalue weighted by Gasteiger charge is -2.19. The van der Waals surface area contributed by atoms with E-state index in [0.717, 1.165) is 12.0 Å². The number of aliphatic carboxylic acids is 1. The number of aryl methyl sites for hydroxylation is 1. The minimum absolute atomic E-state index is 0.210. The minimum Gasteiger partial charge on any atom is -0.480 e. The first-order valence-electron chi connectivity index (χ1n) is 7.07. The molecule has 6 nitrogen and oxygen atoms in total. The van der Waals surface area contributed by atoms with E-state index in [4.69, 9.17) is 14.3 Å². The van der Waals surface area contributed by atoms with E-state index >= 15 is 0 Å². The van der Waals surface area contributed by atoms with Gasteiger partial charge in [-0.2, -0.15) is 0 Å². The van der Waals surface area contributed by atoms with Gasteiger partial charge in [0.15, 0.2) is 0 Å². The van der Waals surface area contributed by atoms with Crippen LogP contribution in [0.4, 0.5) is 0 Å². The third kappa shape index (κ3) is 3.46. The summed E-state index contributed by atoms with van der Waals surface area (Å²) in [7, 11) is 1.50. The number of benzene rings is 1. The van der Waals surface area contributed by atoms with Gasteiger partial charge in [-0.05, 0) is 24.1 Å². The van der Waals surface area contributed by atoms with Crippen LogP contribution in [0, 0.1) is 0 Å². The Bertz CT molecular complexity index is 676. The number of carboxylic acids is 1. The van der Waals surface area contributed by atoms with Crippen molar-refractivity contribution < 1.29 is 23.8 Å². The molecule has 2 rings (SSSR count). The summed E-state index contributed by atoms with van der Waals surface area (Å²) in [6.07, 6.45) is 2.23. The predicted molar refractivity (Wildman–Crippen MR) is 81.0 cm³/mol. The van der Waals surface area contributed by atoms with Crippen molar-refractivity contribution in [1.29, 1.82) is 0 Å². The third-order valence-electron chi connectivity index (χ3n) is 3.46. The Morgan fingerprint density at radius 3 is 2.77 bits per heavy atom. The van der Waals surface area contributed by atoms with E-state index in [1.54, 1.807) is 0 Å². The van der Waals surface area contributed by atoms with Crippen LogP contribution in [-0.4, -0.2) is 48.7 Å². The van der Waals surface area contributed by atoms with Gasteiger partial charge in [-0.25, -0.2) is 0 Å². The van der Waals surface area contributed by atoms with Crippen LogP contribution < -0.4 is 0 Å². The molecule has 0 saturated carbocycles. The molecule has 1 aromatic heterocycles. The number of carbonyl (C=O) groups excluding carboxylic acids is 1. The second-order valence-electron chi connectivity index (χ2n) is 4.95. The predicted octanol–water partition coefficient (Wildman–Crippen LogP) is 2.17. The first-order valence-corrected chi connectivity index (χ1v) is 7.07. The van der Waals surface area contributed by atoms with Gasteiger partial charge in [0, 0.05) is 19.0 Å². The molecule has 1 heterocycles. The van der Waals surface area contributed by atoms with E-state index in [-0.39, 0.29) is 25.6 Å². The number of methoxy groups -OCH3 is 1. The molecule has 0 bridgehead atoms. The molecule has 6 heteroatoms.